The maximum Gasteiger partial charge on any atom is 0.339 e. The van der Waals surface area contributed by atoms with Crippen LogP contribution in [0, 0.1) is 17.7 Å². The summed E-state index contributed by atoms with van der Waals surface area (Å²) in [5.41, 5.74) is -0.176. The lowest BCUT2D eigenvalue weighted by atomic mass is 10.2. The SMILES string of the molecule is COC(=O)c1ccc(F)cc1S(=O)(=O)NCC1CC1C. The van der Waals surface area contributed by atoms with Gasteiger partial charge in [-0.15, -0.1) is 0 Å². The summed E-state index contributed by atoms with van der Waals surface area (Å²) in [5, 5.41) is 0. The van der Waals surface area contributed by atoms with Crippen LogP contribution < -0.4 is 4.72 Å². The van der Waals surface area contributed by atoms with E-state index in [1.165, 1.54) is 0 Å². The molecule has 2 atom stereocenters. The quantitative estimate of drug-likeness (QED) is 0.837. The molecule has 1 aromatic carbocycles. The third-order valence-corrected chi connectivity index (χ3v) is 4.91. The monoisotopic (exact) mass is 301 g/mol. The molecule has 2 rings (SSSR count). The zero-order valence-corrected chi connectivity index (χ0v) is 12.0. The highest BCUT2D eigenvalue weighted by Gasteiger charge is 2.34. The Labute approximate surface area is 117 Å². The molecule has 7 heteroatoms. The molecule has 0 saturated heterocycles. The van der Waals surface area contributed by atoms with Gasteiger partial charge in [-0.2, -0.15) is 0 Å². The van der Waals surface area contributed by atoms with Gasteiger partial charge in [-0.05, 0) is 36.5 Å². The van der Waals surface area contributed by atoms with Crippen LogP contribution in [0.2, 0.25) is 0 Å². The van der Waals surface area contributed by atoms with E-state index in [9.17, 15) is 17.6 Å². The zero-order valence-electron chi connectivity index (χ0n) is 11.2. The number of rotatable bonds is 5. The largest absolute Gasteiger partial charge is 0.465 e. The van der Waals surface area contributed by atoms with Crippen LogP contribution in [0.4, 0.5) is 4.39 Å². The Hall–Kier alpha value is -1.47. The van der Waals surface area contributed by atoms with Gasteiger partial charge in [-0.25, -0.2) is 22.3 Å². The van der Waals surface area contributed by atoms with Crippen LogP contribution >= 0.6 is 0 Å². The summed E-state index contributed by atoms with van der Waals surface area (Å²) in [7, 11) is -2.80. The molecule has 0 amide bonds. The molecule has 0 aromatic heterocycles. The molecule has 1 N–H and O–H groups in total. The molecule has 1 saturated carbocycles. The highest BCUT2D eigenvalue weighted by Crippen LogP contribution is 2.37. The standard InChI is InChI=1S/C13H16FNO4S/c1-8-5-9(8)7-15-20(17,18)12-6-10(14)3-4-11(12)13(16)19-2/h3-4,6,8-9,15H,5,7H2,1-2H3. The summed E-state index contributed by atoms with van der Waals surface area (Å²) in [5.74, 6) is -0.742. The van der Waals surface area contributed by atoms with Crippen LogP contribution in [0.5, 0.6) is 0 Å². The average molecular weight is 301 g/mol. The van der Waals surface area contributed by atoms with Gasteiger partial charge in [0.15, 0.2) is 0 Å². The van der Waals surface area contributed by atoms with Gasteiger partial charge >= 0.3 is 5.97 Å². The van der Waals surface area contributed by atoms with Gasteiger partial charge in [-0.3, -0.25) is 0 Å². The number of sulfonamides is 1. The van der Waals surface area contributed by atoms with Crippen LogP contribution in [0.1, 0.15) is 23.7 Å². The summed E-state index contributed by atoms with van der Waals surface area (Å²) in [6, 6.07) is 2.95. The van der Waals surface area contributed by atoms with Gasteiger partial charge in [-0.1, -0.05) is 6.92 Å². The van der Waals surface area contributed by atoms with Gasteiger partial charge in [0.05, 0.1) is 17.6 Å². The van der Waals surface area contributed by atoms with E-state index < -0.39 is 26.7 Å². The van der Waals surface area contributed by atoms with Crippen molar-refractivity contribution in [3.63, 3.8) is 0 Å². The molecule has 0 radical (unpaired) electrons. The summed E-state index contributed by atoms with van der Waals surface area (Å²) in [4.78, 5) is 11.2. The molecule has 0 bridgehead atoms. The minimum Gasteiger partial charge on any atom is -0.465 e. The second-order valence-electron chi connectivity index (χ2n) is 4.96. The molecule has 0 spiro atoms. The van der Waals surface area contributed by atoms with E-state index in [1.807, 2.05) is 6.92 Å². The number of hydrogen-bond acceptors (Lipinski definition) is 4. The summed E-state index contributed by atoms with van der Waals surface area (Å²) < 4.78 is 44.6. The number of nitrogens with one attached hydrogen (secondary N) is 1. The van der Waals surface area contributed by atoms with Crippen LogP contribution in [0.25, 0.3) is 0 Å². The number of hydrogen-bond donors (Lipinski definition) is 1. The van der Waals surface area contributed by atoms with Crippen LogP contribution in [-0.4, -0.2) is 28.0 Å². The Morgan fingerprint density at radius 3 is 2.70 bits per heavy atom. The number of carbonyl (C=O) groups is 1. The van der Waals surface area contributed by atoms with Crippen molar-refractivity contribution in [3.8, 4) is 0 Å². The topological polar surface area (TPSA) is 72.5 Å². The Balaban J connectivity index is 2.29. The van der Waals surface area contributed by atoms with Crippen molar-refractivity contribution in [2.24, 2.45) is 11.8 Å². The molecule has 1 aliphatic rings. The van der Waals surface area contributed by atoms with E-state index in [4.69, 9.17) is 0 Å². The van der Waals surface area contributed by atoms with Crippen molar-refractivity contribution in [2.75, 3.05) is 13.7 Å². The van der Waals surface area contributed by atoms with E-state index in [2.05, 4.69) is 9.46 Å². The molecule has 1 aliphatic carbocycles. The first-order chi connectivity index (χ1) is 9.35. The minimum absolute atomic E-state index is 0.176. The van der Waals surface area contributed by atoms with E-state index in [1.54, 1.807) is 0 Å². The van der Waals surface area contributed by atoms with Gasteiger partial charge in [0, 0.05) is 6.54 Å². The van der Waals surface area contributed by atoms with Crippen molar-refractivity contribution in [1.82, 2.24) is 4.72 Å². The van der Waals surface area contributed by atoms with Crippen molar-refractivity contribution in [3.05, 3.63) is 29.6 Å². The van der Waals surface area contributed by atoms with Gasteiger partial charge in [0.1, 0.15) is 5.82 Å². The molecular formula is C13H16FNO4S. The van der Waals surface area contributed by atoms with Crippen LogP contribution in [-0.2, 0) is 14.8 Å². The second kappa shape index (κ2) is 5.49. The second-order valence-corrected chi connectivity index (χ2v) is 6.69. The normalized spacial score (nSPS) is 21.6. The summed E-state index contributed by atoms with van der Waals surface area (Å²) in [6.07, 6.45) is 0.968. The Bertz CT molecular complexity index is 629. The number of esters is 1. The molecule has 1 fully saturated rings. The van der Waals surface area contributed by atoms with E-state index in [-0.39, 0.29) is 5.56 Å². The number of benzene rings is 1. The predicted octanol–water partition coefficient (Wildman–Crippen LogP) is 1.55. The molecule has 0 heterocycles. The average Bonchev–Trinajstić information content (AvgIpc) is 3.11. The Kier molecular flexibility index (Phi) is 4.10. The summed E-state index contributed by atoms with van der Waals surface area (Å²) >= 11 is 0. The highest BCUT2D eigenvalue weighted by molar-refractivity contribution is 7.89. The van der Waals surface area contributed by atoms with Crippen LogP contribution in [0.3, 0.4) is 0 Å². The van der Waals surface area contributed by atoms with E-state index in [0.29, 0.717) is 18.4 Å². The molecule has 20 heavy (non-hydrogen) atoms. The maximum atomic E-state index is 13.3. The summed E-state index contributed by atoms with van der Waals surface area (Å²) in [6.45, 7) is 2.32. The third kappa shape index (κ3) is 3.16. The number of halogens is 1. The fourth-order valence-corrected chi connectivity index (χ4v) is 3.27. The zero-order chi connectivity index (χ0) is 14.9. The lowest BCUT2D eigenvalue weighted by Gasteiger charge is -2.10. The first kappa shape index (κ1) is 14.9. The highest BCUT2D eigenvalue weighted by atomic mass is 32.2. The molecule has 0 aliphatic heterocycles. The molecule has 1 aromatic rings. The lowest BCUT2D eigenvalue weighted by molar-refractivity contribution is 0.0596. The fourth-order valence-electron chi connectivity index (χ4n) is 1.98. The minimum atomic E-state index is -3.94. The lowest BCUT2D eigenvalue weighted by Crippen LogP contribution is -2.28. The smallest absolute Gasteiger partial charge is 0.339 e. The number of methoxy groups -OCH3 is 1. The van der Waals surface area contributed by atoms with Crippen molar-refractivity contribution in [1.29, 1.82) is 0 Å². The first-order valence-corrected chi connectivity index (χ1v) is 7.71. The van der Waals surface area contributed by atoms with Crippen molar-refractivity contribution >= 4 is 16.0 Å². The van der Waals surface area contributed by atoms with Crippen LogP contribution in [0.15, 0.2) is 23.1 Å². The number of carbonyl (C=O) groups excluding carboxylic acids is 1. The maximum absolute atomic E-state index is 13.3. The third-order valence-electron chi connectivity index (χ3n) is 3.45. The fraction of sp³-hybridized carbons (Fsp3) is 0.462. The molecule has 2 unspecified atom stereocenters. The molecule has 110 valence electrons. The van der Waals surface area contributed by atoms with Gasteiger partial charge in [0.2, 0.25) is 10.0 Å². The predicted molar refractivity (Wildman–Crippen MR) is 70.2 cm³/mol. The Morgan fingerprint density at radius 2 is 2.15 bits per heavy atom. The van der Waals surface area contributed by atoms with Crippen molar-refractivity contribution < 1.29 is 22.3 Å². The van der Waals surface area contributed by atoms with E-state index >= 15 is 0 Å². The molecule has 5 nitrogen and oxygen atoms in total. The van der Waals surface area contributed by atoms with Gasteiger partial charge in [0.25, 0.3) is 0 Å². The Morgan fingerprint density at radius 1 is 1.50 bits per heavy atom. The van der Waals surface area contributed by atoms with Gasteiger partial charge < -0.3 is 4.74 Å². The van der Waals surface area contributed by atoms with Crippen molar-refractivity contribution in [2.45, 2.75) is 18.2 Å². The van der Waals surface area contributed by atoms with E-state index in [0.717, 1.165) is 31.7 Å². The molecular weight excluding hydrogens is 285 g/mol. The number of ether oxygens (including phenoxy) is 1. The first-order valence-electron chi connectivity index (χ1n) is 6.22.